The molecular weight excluding hydrogens is 400 g/mol. The van der Waals surface area contributed by atoms with Gasteiger partial charge in [0.15, 0.2) is 0 Å². The molecule has 0 fully saturated rings. The van der Waals surface area contributed by atoms with E-state index in [0.717, 1.165) is 20.5 Å². The average molecular weight is 421 g/mol. The first-order valence-electron chi connectivity index (χ1n) is 8.51. The average Bonchev–Trinajstić information content (AvgIpc) is 3.32. The predicted molar refractivity (Wildman–Crippen MR) is 113 cm³/mol. The van der Waals surface area contributed by atoms with Crippen LogP contribution in [0.2, 0.25) is 4.34 Å². The van der Waals surface area contributed by atoms with Crippen LogP contribution < -0.4 is 10.1 Å². The first-order chi connectivity index (χ1) is 13.1. The molecule has 2 aromatic heterocycles. The standard InChI is InChI=1S/C20H21ClN2O2S2/c1-25-18-7-3-2-5-15(18)12-23(13-17-6-4-10-26-17)14-20(24)22-11-16-8-9-19(21)27-16/h2-10H,11-14H2,1H3,(H,22,24). The quantitative estimate of drug-likeness (QED) is 0.541. The van der Waals surface area contributed by atoms with E-state index in [1.54, 1.807) is 18.4 Å². The highest BCUT2D eigenvalue weighted by atomic mass is 35.5. The maximum absolute atomic E-state index is 12.5. The molecule has 142 valence electrons. The fraction of sp³-hybridized carbons (Fsp3) is 0.250. The summed E-state index contributed by atoms with van der Waals surface area (Å²) in [4.78, 5) is 16.9. The summed E-state index contributed by atoms with van der Waals surface area (Å²) in [5, 5.41) is 5.03. The van der Waals surface area contributed by atoms with E-state index in [0.29, 0.717) is 26.2 Å². The number of carbonyl (C=O) groups excluding carboxylic acids is 1. The monoisotopic (exact) mass is 420 g/mol. The van der Waals surface area contributed by atoms with Crippen molar-refractivity contribution in [3.63, 3.8) is 0 Å². The van der Waals surface area contributed by atoms with Gasteiger partial charge in [-0.3, -0.25) is 9.69 Å². The van der Waals surface area contributed by atoms with Crippen molar-refractivity contribution < 1.29 is 9.53 Å². The first-order valence-corrected chi connectivity index (χ1v) is 10.6. The summed E-state index contributed by atoms with van der Waals surface area (Å²) in [5.41, 5.74) is 1.06. The fourth-order valence-corrected chi connectivity index (χ4v) is 4.53. The van der Waals surface area contributed by atoms with E-state index >= 15 is 0 Å². The van der Waals surface area contributed by atoms with E-state index in [1.165, 1.54) is 16.2 Å². The Morgan fingerprint density at radius 2 is 1.96 bits per heavy atom. The Morgan fingerprint density at radius 1 is 1.11 bits per heavy atom. The third-order valence-corrected chi connectivity index (χ3v) is 6.09. The summed E-state index contributed by atoms with van der Waals surface area (Å²) in [6.45, 7) is 2.17. The Labute approximate surface area is 172 Å². The first kappa shape index (κ1) is 19.9. The maximum atomic E-state index is 12.5. The summed E-state index contributed by atoms with van der Waals surface area (Å²) in [5.74, 6) is 0.827. The van der Waals surface area contributed by atoms with Gasteiger partial charge in [0.2, 0.25) is 5.91 Å². The van der Waals surface area contributed by atoms with Crippen molar-refractivity contribution in [1.82, 2.24) is 10.2 Å². The molecule has 0 spiro atoms. The van der Waals surface area contributed by atoms with Gasteiger partial charge in [-0.15, -0.1) is 22.7 Å². The molecule has 0 aliphatic rings. The molecule has 0 saturated carbocycles. The van der Waals surface area contributed by atoms with Crippen molar-refractivity contribution in [1.29, 1.82) is 0 Å². The predicted octanol–water partition coefficient (Wildman–Crippen LogP) is 4.79. The molecule has 0 atom stereocenters. The minimum atomic E-state index is -0.00836. The highest BCUT2D eigenvalue weighted by Gasteiger charge is 2.15. The van der Waals surface area contributed by atoms with E-state index in [2.05, 4.69) is 21.7 Å². The van der Waals surface area contributed by atoms with Gasteiger partial charge in [-0.25, -0.2) is 0 Å². The van der Waals surface area contributed by atoms with Gasteiger partial charge in [0.1, 0.15) is 5.75 Å². The molecule has 4 nitrogen and oxygen atoms in total. The van der Waals surface area contributed by atoms with Gasteiger partial charge in [-0.1, -0.05) is 35.9 Å². The van der Waals surface area contributed by atoms with Crippen molar-refractivity contribution in [2.45, 2.75) is 19.6 Å². The van der Waals surface area contributed by atoms with E-state index in [-0.39, 0.29) is 5.91 Å². The number of hydrogen-bond donors (Lipinski definition) is 1. The number of nitrogens with one attached hydrogen (secondary N) is 1. The van der Waals surface area contributed by atoms with Crippen LogP contribution >= 0.6 is 34.3 Å². The second kappa shape index (κ2) is 9.90. The number of thiophene rings is 2. The molecule has 3 aromatic rings. The van der Waals surface area contributed by atoms with Crippen LogP contribution in [0.5, 0.6) is 5.75 Å². The van der Waals surface area contributed by atoms with Gasteiger partial charge in [-0.2, -0.15) is 0 Å². The summed E-state index contributed by atoms with van der Waals surface area (Å²) >= 11 is 9.12. The van der Waals surface area contributed by atoms with Crippen LogP contribution in [0.3, 0.4) is 0 Å². The van der Waals surface area contributed by atoms with Crippen LogP contribution in [-0.4, -0.2) is 24.5 Å². The molecule has 2 heterocycles. The lowest BCUT2D eigenvalue weighted by Crippen LogP contribution is -2.36. The molecule has 0 aliphatic heterocycles. The number of amides is 1. The van der Waals surface area contributed by atoms with Gasteiger partial charge in [0.25, 0.3) is 0 Å². The van der Waals surface area contributed by atoms with Gasteiger partial charge in [0, 0.05) is 28.4 Å². The molecule has 27 heavy (non-hydrogen) atoms. The second-order valence-electron chi connectivity index (χ2n) is 6.02. The molecule has 0 aliphatic carbocycles. The van der Waals surface area contributed by atoms with E-state index in [9.17, 15) is 4.79 Å². The summed E-state index contributed by atoms with van der Waals surface area (Å²) in [6, 6.07) is 15.8. The molecule has 7 heteroatoms. The topological polar surface area (TPSA) is 41.6 Å². The molecule has 1 N–H and O–H groups in total. The maximum Gasteiger partial charge on any atom is 0.234 e. The van der Waals surface area contributed by atoms with E-state index in [1.807, 2.05) is 42.5 Å². The molecule has 0 radical (unpaired) electrons. The van der Waals surface area contributed by atoms with Crippen LogP contribution in [0.4, 0.5) is 0 Å². The number of halogens is 1. The molecule has 1 aromatic carbocycles. The molecule has 3 rings (SSSR count). The Kier molecular flexibility index (Phi) is 7.29. The second-order valence-corrected chi connectivity index (χ2v) is 8.85. The van der Waals surface area contributed by atoms with Crippen molar-refractivity contribution in [3.8, 4) is 5.75 Å². The Hall–Kier alpha value is -1.86. The summed E-state index contributed by atoms with van der Waals surface area (Å²) < 4.78 is 6.19. The number of carbonyl (C=O) groups is 1. The number of benzene rings is 1. The van der Waals surface area contributed by atoms with Crippen molar-refractivity contribution in [2.75, 3.05) is 13.7 Å². The van der Waals surface area contributed by atoms with Crippen molar-refractivity contribution >= 4 is 40.2 Å². The zero-order valence-electron chi connectivity index (χ0n) is 15.0. The zero-order chi connectivity index (χ0) is 19.1. The van der Waals surface area contributed by atoms with Crippen LogP contribution in [0, 0.1) is 0 Å². The molecule has 0 unspecified atom stereocenters. The van der Waals surface area contributed by atoms with Crippen LogP contribution in [0.1, 0.15) is 15.3 Å². The minimum absolute atomic E-state index is 0.00836. The number of methoxy groups -OCH3 is 1. The third-order valence-electron chi connectivity index (χ3n) is 4.00. The Balaban J connectivity index is 1.64. The van der Waals surface area contributed by atoms with Crippen LogP contribution in [0.25, 0.3) is 0 Å². The number of ether oxygens (including phenoxy) is 1. The minimum Gasteiger partial charge on any atom is -0.496 e. The van der Waals surface area contributed by atoms with Crippen molar-refractivity contribution in [3.05, 3.63) is 73.6 Å². The number of nitrogens with zero attached hydrogens (tertiary/aromatic N) is 1. The number of rotatable bonds is 9. The summed E-state index contributed by atoms with van der Waals surface area (Å²) in [6.07, 6.45) is 0. The molecule has 0 saturated heterocycles. The van der Waals surface area contributed by atoms with Gasteiger partial charge >= 0.3 is 0 Å². The lowest BCUT2D eigenvalue weighted by molar-refractivity contribution is -0.122. The van der Waals surface area contributed by atoms with E-state index in [4.69, 9.17) is 16.3 Å². The van der Waals surface area contributed by atoms with E-state index < -0.39 is 0 Å². The van der Waals surface area contributed by atoms with Crippen LogP contribution in [0.15, 0.2) is 53.9 Å². The highest BCUT2D eigenvalue weighted by molar-refractivity contribution is 7.16. The zero-order valence-corrected chi connectivity index (χ0v) is 17.4. The lowest BCUT2D eigenvalue weighted by Gasteiger charge is -2.22. The largest absolute Gasteiger partial charge is 0.496 e. The smallest absolute Gasteiger partial charge is 0.234 e. The third kappa shape index (κ3) is 6.07. The van der Waals surface area contributed by atoms with Crippen LogP contribution in [-0.2, 0) is 24.4 Å². The molecule has 1 amide bonds. The highest BCUT2D eigenvalue weighted by Crippen LogP contribution is 2.22. The SMILES string of the molecule is COc1ccccc1CN(CC(=O)NCc1ccc(Cl)s1)Cc1cccs1. The molecule has 0 bridgehead atoms. The van der Waals surface area contributed by atoms with Gasteiger partial charge < -0.3 is 10.1 Å². The lowest BCUT2D eigenvalue weighted by atomic mass is 10.2. The number of para-hydroxylation sites is 1. The number of hydrogen-bond acceptors (Lipinski definition) is 5. The van der Waals surface area contributed by atoms with Gasteiger partial charge in [-0.05, 0) is 29.6 Å². The van der Waals surface area contributed by atoms with Gasteiger partial charge in [0.05, 0.1) is 24.5 Å². The normalized spacial score (nSPS) is 10.9. The molecular formula is C20H21ClN2O2S2. The van der Waals surface area contributed by atoms with Crippen molar-refractivity contribution in [2.24, 2.45) is 0 Å². The Bertz CT molecular complexity index is 865. The Morgan fingerprint density at radius 3 is 2.67 bits per heavy atom. The summed E-state index contributed by atoms with van der Waals surface area (Å²) in [7, 11) is 1.67. The fourth-order valence-electron chi connectivity index (χ4n) is 2.76.